The first-order valence-electron chi connectivity index (χ1n) is 8.27. The van der Waals surface area contributed by atoms with Crippen molar-refractivity contribution in [3.05, 3.63) is 28.8 Å². The van der Waals surface area contributed by atoms with Crippen LogP contribution in [0.4, 0.5) is 0 Å². The number of hydrogen-bond donors (Lipinski definition) is 1. The summed E-state index contributed by atoms with van der Waals surface area (Å²) in [4.78, 5) is 2.41. The number of benzene rings is 1. The molecule has 6 heteroatoms. The molecule has 1 spiro atoms. The van der Waals surface area contributed by atoms with E-state index in [1.54, 1.807) is 0 Å². The third-order valence-electron chi connectivity index (χ3n) is 4.27. The Hall–Kier alpha value is -0.850. The first kappa shape index (κ1) is 17.0. The van der Waals surface area contributed by atoms with E-state index in [1.807, 2.05) is 19.1 Å². The maximum atomic E-state index is 6.29. The molecule has 2 heterocycles. The minimum atomic E-state index is -0.232. The van der Waals surface area contributed by atoms with Crippen LogP contribution in [0.2, 0.25) is 5.02 Å². The highest BCUT2D eigenvalue weighted by molar-refractivity contribution is 6.32. The van der Waals surface area contributed by atoms with Gasteiger partial charge in [-0.1, -0.05) is 17.7 Å². The van der Waals surface area contributed by atoms with E-state index in [0.717, 1.165) is 51.7 Å². The molecule has 23 heavy (non-hydrogen) atoms. The van der Waals surface area contributed by atoms with Gasteiger partial charge in [0, 0.05) is 32.7 Å². The average molecular weight is 341 g/mol. The van der Waals surface area contributed by atoms with E-state index in [9.17, 15) is 0 Å². The Kier molecular flexibility index (Phi) is 5.77. The Bertz CT molecular complexity index is 519. The quantitative estimate of drug-likeness (QED) is 0.907. The standard InChI is InChI=1S/C17H25ClN2O3/c1-2-22-16-4-3-14(9-15(16)18)10-20-6-8-23-17(12-20)11-19-5-7-21-13-17/h3-4,9,19H,2,5-8,10-13H2,1H3. The summed E-state index contributed by atoms with van der Waals surface area (Å²) in [5, 5.41) is 4.08. The molecule has 0 radical (unpaired) electrons. The predicted molar refractivity (Wildman–Crippen MR) is 90.3 cm³/mol. The first-order chi connectivity index (χ1) is 11.2. The summed E-state index contributed by atoms with van der Waals surface area (Å²) in [6, 6.07) is 6.03. The molecule has 0 bridgehead atoms. The number of nitrogens with zero attached hydrogens (tertiary/aromatic N) is 1. The van der Waals surface area contributed by atoms with Crippen LogP contribution < -0.4 is 10.1 Å². The lowest BCUT2D eigenvalue weighted by Crippen LogP contribution is -2.57. The molecule has 1 aromatic carbocycles. The third kappa shape index (κ3) is 4.37. The number of hydrogen-bond acceptors (Lipinski definition) is 5. The summed E-state index contributed by atoms with van der Waals surface area (Å²) in [7, 11) is 0. The molecule has 5 nitrogen and oxygen atoms in total. The zero-order valence-corrected chi connectivity index (χ0v) is 14.4. The molecule has 1 unspecified atom stereocenters. The van der Waals surface area contributed by atoms with Crippen molar-refractivity contribution in [1.29, 1.82) is 0 Å². The van der Waals surface area contributed by atoms with Gasteiger partial charge in [0.1, 0.15) is 11.4 Å². The lowest BCUT2D eigenvalue weighted by atomic mass is 10.0. The van der Waals surface area contributed by atoms with Crippen LogP contribution >= 0.6 is 11.6 Å². The van der Waals surface area contributed by atoms with Crippen LogP contribution in [-0.4, -0.2) is 63.1 Å². The summed E-state index contributed by atoms with van der Waals surface area (Å²) < 4.78 is 17.2. The number of morpholine rings is 1. The number of rotatable bonds is 4. The minimum absolute atomic E-state index is 0.232. The SMILES string of the molecule is CCOc1ccc(CN2CCOC3(CNCCOC3)C2)cc1Cl. The molecule has 3 rings (SSSR count). The molecule has 0 aromatic heterocycles. The Labute approximate surface area is 142 Å². The highest BCUT2D eigenvalue weighted by Crippen LogP contribution is 2.27. The predicted octanol–water partition coefficient (Wildman–Crippen LogP) is 1.93. The lowest BCUT2D eigenvalue weighted by molar-refractivity contribution is -0.135. The molecule has 0 amide bonds. The van der Waals surface area contributed by atoms with Crippen LogP contribution in [0.1, 0.15) is 12.5 Å². The molecule has 1 N–H and O–H groups in total. The monoisotopic (exact) mass is 340 g/mol. The van der Waals surface area contributed by atoms with Crippen molar-refractivity contribution >= 4 is 11.6 Å². The van der Waals surface area contributed by atoms with Crippen LogP contribution in [0.3, 0.4) is 0 Å². The van der Waals surface area contributed by atoms with Crippen LogP contribution in [0.5, 0.6) is 5.75 Å². The van der Waals surface area contributed by atoms with Crippen molar-refractivity contribution in [1.82, 2.24) is 10.2 Å². The van der Waals surface area contributed by atoms with Crippen LogP contribution in [0.15, 0.2) is 18.2 Å². The molecule has 128 valence electrons. The maximum absolute atomic E-state index is 6.29. The van der Waals surface area contributed by atoms with Gasteiger partial charge in [-0.2, -0.15) is 0 Å². The Morgan fingerprint density at radius 1 is 1.39 bits per heavy atom. The van der Waals surface area contributed by atoms with Gasteiger partial charge in [0.25, 0.3) is 0 Å². The van der Waals surface area contributed by atoms with Gasteiger partial charge in [0.2, 0.25) is 0 Å². The summed E-state index contributed by atoms with van der Waals surface area (Å²) in [5.74, 6) is 0.748. The normalized spacial score (nSPS) is 26.2. The fourth-order valence-corrected chi connectivity index (χ4v) is 3.45. The van der Waals surface area contributed by atoms with Gasteiger partial charge < -0.3 is 19.5 Å². The highest BCUT2D eigenvalue weighted by atomic mass is 35.5. The van der Waals surface area contributed by atoms with Crippen molar-refractivity contribution in [2.75, 3.05) is 52.6 Å². The molecule has 2 fully saturated rings. The van der Waals surface area contributed by atoms with E-state index in [1.165, 1.54) is 5.56 Å². The molecule has 1 atom stereocenters. The van der Waals surface area contributed by atoms with E-state index in [4.69, 9.17) is 25.8 Å². The highest BCUT2D eigenvalue weighted by Gasteiger charge is 2.37. The van der Waals surface area contributed by atoms with Gasteiger partial charge in [0.15, 0.2) is 0 Å². The summed E-state index contributed by atoms with van der Waals surface area (Å²) in [6.07, 6.45) is 0. The summed E-state index contributed by atoms with van der Waals surface area (Å²) in [6.45, 7) is 9.09. The maximum Gasteiger partial charge on any atom is 0.137 e. The second kappa shape index (κ2) is 7.81. The number of ether oxygens (including phenoxy) is 3. The molecule has 0 aliphatic carbocycles. The smallest absolute Gasteiger partial charge is 0.137 e. The fraction of sp³-hybridized carbons (Fsp3) is 0.647. The van der Waals surface area contributed by atoms with Gasteiger partial charge in [-0.15, -0.1) is 0 Å². The average Bonchev–Trinajstić information content (AvgIpc) is 2.76. The Morgan fingerprint density at radius 2 is 2.30 bits per heavy atom. The van der Waals surface area contributed by atoms with Crippen molar-refractivity contribution < 1.29 is 14.2 Å². The zero-order chi connectivity index (χ0) is 16.1. The molecule has 2 aliphatic heterocycles. The third-order valence-corrected chi connectivity index (χ3v) is 4.56. The van der Waals surface area contributed by atoms with E-state index in [-0.39, 0.29) is 5.60 Å². The van der Waals surface area contributed by atoms with Crippen molar-refractivity contribution in [3.8, 4) is 5.75 Å². The second-order valence-corrected chi connectivity index (χ2v) is 6.58. The van der Waals surface area contributed by atoms with Crippen molar-refractivity contribution in [2.45, 2.75) is 19.1 Å². The van der Waals surface area contributed by atoms with E-state index >= 15 is 0 Å². The van der Waals surface area contributed by atoms with Crippen molar-refractivity contribution in [2.24, 2.45) is 0 Å². The summed E-state index contributed by atoms with van der Waals surface area (Å²) >= 11 is 6.29. The Morgan fingerprint density at radius 3 is 3.13 bits per heavy atom. The molecule has 1 aromatic rings. The van der Waals surface area contributed by atoms with Gasteiger partial charge in [-0.05, 0) is 24.6 Å². The van der Waals surface area contributed by atoms with Gasteiger partial charge in [-0.25, -0.2) is 0 Å². The van der Waals surface area contributed by atoms with Gasteiger partial charge >= 0.3 is 0 Å². The number of halogens is 1. The molecule has 2 saturated heterocycles. The van der Waals surface area contributed by atoms with Gasteiger partial charge in [0.05, 0.1) is 31.5 Å². The van der Waals surface area contributed by atoms with Crippen LogP contribution in [0, 0.1) is 0 Å². The summed E-state index contributed by atoms with van der Waals surface area (Å²) in [5.41, 5.74) is 0.960. The van der Waals surface area contributed by atoms with Crippen LogP contribution in [-0.2, 0) is 16.0 Å². The minimum Gasteiger partial charge on any atom is -0.492 e. The van der Waals surface area contributed by atoms with E-state index in [0.29, 0.717) is 18.2 Å². The second-order valence-electron chi connectivity index (χ2n) is 6.17. The first-order valence-corrected chi connectivity index (χ1v) is 8.65. The van der Waals surface area contributed by atoms with E-state index < -0.39 is 0 Å². The largest absolute Gasteiger partial charge is 0.492 e. The van der Waals surface area contributed by atoms with Gasteiger partial charge in [-0.3, -0.25) is 4.90 Å². The molecular formula is C17H25ClN2O3. The lowest BCUT2D eigenvalue weighted by Gasteiger charge is -2.41. The molecule has 2 aliphatic rings. The number of nitrogens with one attached hydrogen (secondary N) is 1. The Balaban J connectivity index is 1.64. The fourth-order valence-electron chi connectivity index (χ4n) is 3.20. The zero-order valence-electron chi connectivity index (χ0n) is 13.6. The molecule has 0 saturated carbocycles. The van der Waals surface area contributed by atoms with Crippen LogP contribution in [0.25, 0.3) is 0 Å². The molecular weight excluding hydrogens is 316 g/mol. The van der Waals surface area contributed by atoms with Crippen molar-refractivity contribution in [3.63, 3.8) is 0 Å². The van der Waals surface area contributed by atoms with E-state index in [2.05, 4.69) is 16.3 Å². The topological polar surface area (TPSA) is 43.0 Å².